The summed E-state index contributed by atoms with van der Waals surface area (Å²) < 4.78 is 5.46. The van der Waals surface area contributed by atoms with Gasteiger partial charge >= 0.3 is 0 Å². The highest BCUT2D eigenvalue weighted by atomic mass is 16.5. The molecule has 5 nitrogen and oxygen atoms in total. The lowest BCUT2D eigenvalue weighted by Gasteiger charge is -2.05. The second kappa shape index (κ2) is 6.35. The minimum atomic E-state index is -0.208. The Labute approximate surface area is 106 Å². The summed E-state index contributed by atoms with van der Waals surface area (Å²) in [5, 5.41) is 2.78. The number of H-pyrrole nitrogens is 1. The van der Waals surface area contributed by atoms with Gasteiger partial charge in [0.15, 0.2) is 0 Å². The number of hydrogen-bond acceptors (Lipinski definition) is 3. The molecule has 0 atom stereocenters. The van der Waals surface area contributed by atoms with Gasteiger partial charge in [-0.3, -0.25) is 9.59 Å². The van der Waals surface area contributed by atoms with E-state index in [9.17, 15) is 9.59 Å². The van der Waals surface area contributed by atoms with Crippen LogP contribution in [-0.4, -0.2) is 30.6 Å². The monoisotopic (exact) mass is 250 g/mol. The largest absolute Gasteiger partial charge is 0.381 e. The molecule has 1 aliphatic rings. The number of aromatic amines is 1. The standard InChI is InChI=1S/C13H18N2O3/c16-12-5-4-11(8-15-12)13(17)14-6-1-7-18-9-10-2-3-10/h4-5,8,10H,1-3,6-7,9H2,(H,14,17)(H,15,16). The van der Waals surface area contributed by atoms with Crippen LogP contribution in [0.5, 0.6) is 0 Å². The molecule has 0 unspecified atom stereocenters. The van der Waals surface area contributed by atoms with Crippen LogP contribution >= 0.6 is 0 Å². The number of rotatable bonds is 7. The maximum Gasteiger partial charge on any atom is 0.252 e. The van der Waals surface area contributed by atoms with E-state index in [1.54, 1.807) is 0 Å². The molecule has 2 rings (SSSR count). The zero-order chi connectivity index (χ0) is 12.8. The third-order valence-corrected chi connectivity index (χ3v) is 2.85. The Morgan fingerprint density at radius 2 is 2.28 bits per heavy atom. The van der Waals surface area contributed by atoms with Crippen molar-refractivity contribution in [2.45, 2.75) is 19.3 Å². The third-order valence-electron chi connectivity index (χ3n) is 2.85. The smallest absolute Gasteiger partial charge is 0.252 e. The Bertz CT molecular complexity index is 431. The predicted molar refractivity (Wildman–Crippen MR) is 67.6 cm³/mol. The van der Waals surface area contributed by atoms with Crippen molar-refractivity contribution in [1.82, 2.24) is 10.3 Å². The van der Waals surface area contributed by atoms with Gasteiger partial charge in [0.25, 0.3) is 5.91 Å². The van der Waals surface area contributed by atoms with Crippen LogP contribution in [0.4, 0.5) is 0 Å². The molecule has 0 aliphatic heterocycles. The molecule has 5 heteroatoms. The molecule has 2 N–H and O–H groups in total. The molecule has 0 bridgehead atoms. The highest BCUT2D eigenvalue weighted by Crippen LogP contribution is 2.28. The first-order chi connectivity index (χ1) is 8.75. The van der Waals surface area contributed by atoms with Crippen LogP contribution in [0, 0.1) is 5.92 Å². The van der Waals surface area contributed by atoms with Crippen LogP contribution in [-0.2, 0) is 4.74 Å². The third kappa shape index (κ3) is 4.33. The van der Waals surface area contributed by atoms with Crippen LogP contribution < -0.4 is 10.9 Å². The summed E-state index contributed by atoms with van der Waals surface area (Å²) in [5.41, 5.74) is 0.258. The molecule has 1 aliphatic carbocycles. The van der Waals surface area contributed by atoms with Crippen LogP contribution in [0.25, 0.3) is 0 Å². The fourth-order valence-corrected chi connectivity index (χ4v) is 1.56. The van der Waals surface area contributed by atoms with E-state index in [2.05, 4.69) is 10.3 Å². The van der Waals surface area contributed by atoms with Crippen molar-refractivity contribution in [3.05, 3.63) is 34.2 Å². The highest BCUT2D eigenvalue weighted by molar-refractivity contribution is 5.93. The minimum Gasteiger partial charge on any atom is -0.381 e. The van der Waals surface area contributed by atoms with Crippen molar-refractivity contribution in [2.24, 2.45) is 5.92 Å². The van der Waals surface area contributed by atoms with Crippen molar-refractivity contribution in [1.29, 1.82) is 0 Å². The molecule has 98 valence electrons. The summed E-state index contributed by atoms with van der Waals surface area (Å²) >= 11 is 0. The van der Waals surface area contributed by atoms with E-state index < -0.39 is 0 Å². The zero-order valence-electron chi connectivity index (χ0n) is 10.3. The second-order valence-electron chi connectivity index (χ2n) is 4.57. The van der Waals surface area contributed by atoms with Crippen LogP contribution in [0.2, 0.25) is 0 Å². The van der Waals surface area contributed by atoms with Gasteiger partial charge in [-0.2, -0.15) is 0 Å². The molecule has 1 fully saturated rings. The van der Waals surface area contributed by atoms with Gasteiger partial charge in [-0.1, -0.05) is 0 Å². The van der Waals surface area contributed by atoms with Crippen molar-refractivity contribution in [3.63, 3.8) is 0 Å². The maximum absolute atomic E-state index is 11.6. The van der Waals surface area contributed by atoms with Crippen molar-refractivity contribution < 1.29 is 9.53 Å². The number of carbonyl (C=O) groups excluding carboxylic acids is 1. The summed E-state index contributed by atoms with van der Waals surface area (Å²) in [4.78, 5) is 24.9. The normalized spacial score (nSPS) is 14.4. The van der Waals surface area contributed by atoms with Gasteiger partial charge in [-0.25, -0.2) is 0 Å². The highest BCUT2D eigenvalue weighted by Gasteiger charge is 2.20. The number of carbonyl (C=O) groups is 1. The minimum absolute atomic E-state index is 0.173. The maximum atomic E-state index is 11.6. The number of amides is 1. The molecule has 1 saturated carbocycles. The Morgan fingerprint density at radius 1 is 1.44 bits per heavy atom. The first-order valence-corrected chi connectivity index (χ1v) is 6.30. The zero-order valence-corrected chi connectivity index (χ0v) is 10.3. The van der Waals surface area contributed by atoms with Crippen LogP contribution in [0.1, 0.15) is 29.6 Å². The number of ether oxygens (including phenoxy) is 1. The molecular weight excluding hydrogens is 232 g/mol. The molecule has 0 saturated heterocycles. The predicted octanol–water partition coefficient (Wildman–Crippen LogP) is 0.921. The molecule has 0 aromatic carbocycles. The Morgan fingerprint density at radius 3 is 2.94 bits per heavy atom. The van der Waals surface area contributed by atoms with E-state index in [1.165, 1.54) is 31.2 Å². The van der Waals surface area contributed by atoms with Crippen molar-refractivity contribution in [2.75, 3.05) is 19.8 Å². The molecule has 1 aromatic rings. The van der Waals surface area contributed by atoms with E-state index in [0.29, 0.717) is 18.7 Å². The summed E-state index contributed by atoms with van der Waals surface area (Å²) in [6.45, 7) is 2.12. The van der Waals surface area contributed by atoms with Gasteiger partial charge in [0.05, 0.1) is 5.56 Å². The average molecular weight is 250 g/mol. The summed E-state index contributed by atoms with van der Waals surface area (Å²) in [6, 6.07) is 2.85. The Kier molecular flexibility index (Phi) is 4.52. The molecule has 0 radical (unpaired) electrons. The summed E-state index contributed by atoms with van der Waals surface area (Å²) in [5.74, 6) is 0.606. The summed E-state index contributed by atoms with van der Waals surface area (Å²) in [6.07, 6.45) is 4.81. The quantitative estimate of drug-likeness (QED) is 0.707. The van der Waals surface area contributed by atoms with Crippen LogP contribution in [0.15, 0.2) is 23.1 Å². The lowest BCUT2D eigenvalue weighted by Crippen LogP contribution is -2.26. The van der Waals surface area contributed by atoms with Gasteiger partial charge in [0, 0.05) is 32.0 Å². The van der Waals surface area contributed by atoms with Gasteiger partial charge in [-0.15, -0.1) is 0 Å². The SMILES string of the molecule is O=C(NCCCOCC1CC1)c1ccc(=O)[nH]c1. The molecule has 0 spiro atoms. The van der Waals surface area contributed by atoms with E-state index >= 15 is 0 Å². The number of hydrogen-bond donors (Lipinski definition) is 2. The van der Waals surface area contributed by atoms with Crippen molar-refractivity contribution in [3.8, 4) is 0 Å². The lowest BCUT2D eigenvalue weighted by atomic mass is 10.2. The van der Waals surface area contributed by atoms with E-state index in [1.807, 2.05) is 0 Å². The first-order valence-electron chi connectivity index (χ1n) is 6.30. The fraction of sp³-hybridized carbons (Fsp3) is 0.538. The number of nitrogens with one attached hydrogen (secondary N) is 2. The van der Waals surface area contributed by atoms with Gasteiger partial charge in [0.1, 0.15) is 0 Å². The van der Waals surface area contributed by atoms with Gasteiger partial charge < -0.3 is 15.0 Å². The summed E-state index contributed by atoms with van der Waals surface area (Å²) in [7, 11) is 0. The van der Waals surface area contributed by atoms with E-state index in [0.717, 1.165) is 18.9 Å². The van der Waals surface area contributed by atoms with E-state index in [4.69, 9.17) is 4.74 Å². The first kappa shape index (κ1) is 12.8. The van der Waals surface area contributed by atoms with Gasteiger partial charge in [0.2, 0.25) is 5.56 Å². The Hall–Kier alpha value is -1.62. The molecule has 1 heterocycles. The van der Waals surface area contributed by atoms with Crippen LogP contribution in [0.3, 0.4) is 0 Å². The lowest BCUT2D eigenvalue weighted by molar-refractivity contribution is 0.0937. The second-order valence-corrected chi connectivity index (χ2v) is 4.57. The van der Waals surface area contributed by atoms with Gasteiger partial charge in [-0.05, 0) is 31.2 Å². The average Bonchev–Trinajstić information content (AvgIpc) is 3.18. The number of pyridine rings is 1. The van der Waals surface area contributed by atoms with Crippen molar-refractivity contribution >= 4 is 5.91 Å². The molecule has 18 heavy (non-hydrogen) atoms. The molecule has 1 amide bonds. The van der Waals surface area contributed by atoms with E-state index in [-0.39, 0.29) is 11.5 Å². The number of aromatic nitrogens is 1. The Balaban J connectivity index is 1.58. The molecule has 1 aromatic heterocycles. The molecular formula is C13H18N2O3. The topological polar surface area (TPSA) is 71.2 Å². The fourth-order valence-electron chi connectivity index (χ4n) is 1.56.